The first-order chi connectivity index (χ1) is 13.9. The number of rotatable bonds is 5. The lowest BCUT2D eigenvalue weighted by Crippen LogP contribution is -2.30. The van der Waals surface area contributed by atoms with Crippen LogP contribution in [0, 0.1) is 19.7 Å². The van der Waals surface area contributed by atoms with Crippen LogP contribution in [-0.2, 0) is 0 Å². The van der Waals surface area contributed by atoms with E-state index in [4.69, 9.17) is 0 Å². The lowest BCUT2D eigenvalue weighted by molar-refractivity contribution is 0.0741. The number of fused-ring (bicyclic) bond motifs is 1. The first-order valence-corrected chi connectivity index (χ1v) is 9.87. The largest absolute Gasteiger partial charge is 0.507 e. The van der Waals surface area contributed by atoms with Crippen molar-refractivity contribution < 1.29 is 14.3 Å². The number of aromatic amines is 1. The van der Waals surface area contributed by atoms with Gasteiger partial charge in [-0.15, -0.1) is 0 Å². The number of nitrogens with one attached hydrogen (secondary N) is 1. The molecule has 2 aromatic carbocycles. The minimum atomic E-state index is -0.376. The number of aryl methyl sites for hydroxylation is 2. The van der Waals surface area contributed by atoms with E-state index in [0.29, 0.717) is 23.5 Å². The summed E-state index contributed by atoms with van der Waals surface area (Å²) in [5.74, 6) is -0.287. The third-order valence-corrected chi connectivity index (χ3v) is 5.50. The number of benzene rings is 2. The molecule has 2 heterocycles. The molecule has 1 aliphatic heterocycles. The fourth-order valence-electron chi connectivity index (χ4n) is 4.09. The van der Waals surface area contributed by atoms with Gasteiger partial charge in [-0.1, -0.05) is 31.5 Å². The van der Waals surface area contributed by atoms with Crippen molar-refractivity contribution in [3.8, 4) is 17.0 Å². The maximum absolute atomic E-state index is 13.5. The molecule has 5 nitrogen and oxygen atoms in total. The van der Waals surface area contributed by atoms with Crippen molar-refractivity contribution in [2.45, 2.75) is 39.7 Å². The normalized spacial score (nSPS) is 15.8. The van der Waals surface area contributed by atoms with Crippen LogP contribution >= 0.6 is 0 Å². The number of aromatic nitrogens is 2. The zero-order valence-electron chi connectivity index (χ0n) is 16.8. The van der Waals surface area contributed by atoms with E-state index in [2.05, 4.69) is 17.1 Å². The van der Waals surface area contributed by atoms with E-state index in [1.165, 1.54) is 12.1 Å². The van der Waals surface area contributed by atoms with Crippen molar-refractivity contribution in [3.05, 3.63) is 70.2 Å². The van der Waals surface area contributed by atoms with Crippen molar-refractivity contribution in [2.24, 2.45) is 0 Å². The molecule has 4 rings (SSSR count). The Balaban J connectivity index is 1.91. The highest BCUT2D eigenvalue weighted by molar-refractivity contribution is 6.00. The molecule has 0 saturated heterocycles. The number of carbonyl (C=O) groups excluding carboxylic acids is 1. The standard InChI is InChI=1S/C23H24FN3O2/c1-4-5-10-27-21(15-6-8-16(24)9-7-15)18-19(25-26-20(18)23(27)29)17-12-13(2)11-14(3)22(17)28/h6-9,11-12,21,28H,4-5,10H2,1-3H3,(H,25,26). The molecule has 0 fully saturated rings. The van der Waals surface area contributed by atoms with Crippen LogP contribution < -0.4 is 0 Å². The summed E-state index contributed by atoms with van der Waals surface area (Å²) in [5.41, 5.74) is 4.89. The zero-order chi connectivity index (χ0) is 20.7. The third kappa shape index (κ3) is 3.18. The topological polar surface area (TPSA) is 69.2 Å². The molecule has 6 heteroatoms. The van der Waals surface area contributed by atoms with Gasteiger partial charge in [-0.3, -0.25) is 9.89 Å². The maximum atomic E-state index is 13.5. The fraction of sp³-hybridized carbons (Fsp3) is 0.304. The number of unbranched alkanes of at least 4 members (excludes halogenated alkanes) is 1. The summed E-state index contributed by atoms with van der Waals surface area (Å²) >= 11 is 0. The average molecular weight is 393 g/mol. The number of phenolic OH excluding ortho intramolecular Hbond substituents is 1. The Bertz CT molecular complexity index is 1070. The molecule has 0 aliphatic carbocycles. The van der Waals surface area contributed by atoms with Gasteiger partial charge in [-0.05, 0) is 55.2 Å². The van der Waals surface area contributed by atoms with Gasteiger partial charge in [0.25, 0.3) is 5.91 Å². The molecule has 150 valence electrons. The minimum Gasteiger partial charge on any atom is -0.507 e. The predicted molar refractivity (Wildman–Crippen MR) is 109 cm³/mol. The number of aromatic hydroxyl groups is 1. The van der Waals surface area contributed by atoms with Crippen molar-refractivity contribution >= 4 is 5.91 Å². The smallest absolute Gasteiger partial charge is 0.273 e. The molecule has 1 atom stereocenters. The molecule has 2 N–H and O–H groups in total. The molecule has 3 aromatic rings. The summed E-state index contributed by atoms with van der Waals surface area (Å²) in [7, 11) is 0. The summed E-state index contributed by atoms with van der Waals surface area (Å²) < 4.78 is 13.5. The second kappa shape index (κ2) is 7.35. The number of H-pyrrole nitrogens is 1. The van der Waals surface area contributed by atoms with Gasteiger partial charge in [0, 0.05) is 17.7 Å². The first-order valence-electron chi connectivity index (χ1n) is 9.87. The molecular formula is C23H24FN3O2. The number of hydrogen-bond donors (Lipinski definition) is 2. The van der Waals surface area contributed by atoms with Gasteiger partial charge in [0.2, 0.25) is 0 Å². The number of halogens is 1. The molecule has 0 spiro atoms. The second-order valence-corrected chi connectivity index (χ2v) is 7.65. The highest BCUT2D eigenvalue weighted by Gasteiger charge is 2.42. The molecule has 1 unspecified atom stereocenters. The van der Waals surface area contributed by atoms with Crippen LogP contribution in [0.2, 0.25) is 0 Å². The molecule has 0 bridgehead atoms. The highest BCUT2D eigenvalue weighted by atomic mass is 19.1. The van der Waals surface area contributed by atoms with Crippen LogP contribution in [0.4, 0.5) is 4.39 Å². The fourth-order valence-corrected chi connectivity index (χ4v) is 4.09. The van der Waals surface area contributed by atoms with E-state index in [-0.39, 0.29) is 23.5 Å². The lowest BCUT2D eigenvalue weighted by atomic mass is 9.94. The number of amides is 1. The van der Waals surface area contributed by atoms with E-state index < -0.39 is 0 Å². The molecule has 0 radical (unpaired) electrons. The van der Waals surface area contributed by atoms with Crippen molar-refractivity contribution in [2.75, 3.05) is 6.54 Å². The number of hydrogen-bond acceptors (Lipinski definition) is 3. The Morgan fingerprint density at radius 1 is 1.21 bits per heavy atom. The Labute approximate surface area is 169 Å². The Hall–Kier alpha value is -3.15. The van der Waals surface area contributed by atoms with Crippen LogP contribution in [0.3, 0.4) is 0 Å². The number of phenols is 1. The Morgan fingerprint density at radius 3 is 2.62 bits per heavy atom. The van der Waals surface area contributed by atoms with Gasteiger partial charge in [0.05, 0.1) is 6.04 Å². The van der Waals surface area contributed by atoms with Gasteiger partial charge in [-0.2, -0.15) is 5.10 Å². The van der Waals surface area contributed by atoms with Crippen LogP contribution in [0.1, 0.15) is 58.5 Å². The Morgan fingerprint density at radius 2 is 1.93 bits per heavy atom. The number of nitrogens with zero attached hydrogens (tertiary/aromatic N) is 2. The van der Waals surface area contributed by atoms with E-state index in [0.717, 1.165) is 35.1 Å². The summed E-state index contributed by atoms with van der Waals surface area (Å²) in [6, 6.07) is 9.63. The van der Waals surface area contributed by atoms with E-state index in [9.17, 15) is 14.3 Å². The Kier molecular flexibility index (Phi) is 4.86. The van der Waals surface area contributed by atoms with Crippen LogP contribution in [-0.4, -0.2) is 32.7 Å². The third-order valence-electron chi connectivity index (χ3n) is 5.50. The van der Waals surface area contributed by atoms with Crippen molar-refractivity contribution in [1.82, 2.24) is 15.1 Å². The molecule has 1 amide bonds. The van der Waals surface area contributed by atoms with Crippen molar-refractivity contribution in [3.63, 3.8) is 0 Å². The molecular weight excluding hydrogens is 369 g/mol. The highest BCUT2D eigenvalue weighted by Crippen LogP contribution is 2.45. The lowest BCUT2D eigenvalue weighted by Gasteiger charge is -2.26. The van der Waals surface area contributed by atoms with E-state index in [1.807, 2.05) is 30.9 Å². The van der Waals surface area contributed by atoms with Crippen LogP contribution in [0.15, 0.2) is 36.4 Å². The first kappa shape index (κ1) is 19.2. The average Bonchev–Trinajstić information content (AvgIpc) is 3.23. The van der Waals surface area contributed by atoms with Crippen molar-refractivity contribution in [1.29, 1.82) is 0 Å². The van der Waals surface area contributed by atoms with Gasteiger partial charge in [0.1, 0.15) is 23.0 Å². The molecule has 1 aliphatic rings. The van der Waals surface area contributed by atoms with Gasteiger partial charge >= 0.3 is 0 Å². The monoisotopic (exact) mass is 393 g/mol. The molecule has 29 heavy (non-hydrogen) atoms. The quantitative estimate of drug-likeness (QED) is 0.649. The van der Waals surface area contributed by atoms with E-state index >= 15 is 0 Å². The minimum absolute atomic E-state index is 0.120. The molecule has 1 aromatic heterocycles. The second-order valence-electron chi connectivity index (χ2n) is 7.65. The predicted octanol–water partition coefficient (Wildman–Crippen LogP) is 4.88. The summed E-state index contributed by atoms with van der Waals surface area (Å²) in [4.78, 5) is 14.9. The van der Waals surface area contributed by atoms with Crippen LogP contribution in [0.5, 0.6) is 5.75 Å². The van der Waals surface area contributed by atoms with E-state index in [1.54, 1.807) is 12.1 Å². The van der Waals surface area contributed by atoms with Gasteiger partial charge in [0.15, 0.2) is 0 Å². The van der Waals surface area contributed by atoms with Crippen LogP contribution in [0.25, 0.3) is 11.3 Å². The molecule has 0 saturated carbocycles. The maximum Gasteiger partial charge on any atom is 0.273 e. The SMILES string of the molecule is CCCCN1C(=O)c2[nH]nc(-c3cc(C)cc(C)c3O)c2C1c1ccc(F)cc1. The summed E-state index contributed by atoms with van der Waals surface area (Å²) in [6.45, 7) is 6.47. The van der Waals surface area contributed by atoms with Gasteiger partial charge in [-0.25, -0.2) is 4.39 Å². The summed E-state index contributed by atoms with van der Waals surface area (Å²) in [5, 5.41) is 18.0. The zero-order valence-corrected chi connectivity index (χ0v) is 16.8. The van der Waals surface area contributed by atoms with Gasteiger partial charge < -0.3 is 10.0 Å². The summed E-state index contributed by atoms with van der Waals surface area (Å²) in [6.07, 6.45) is 1.82. The number of carbonyl (C=O) groups is 1.